The first kappa shape index (κ1) is 64.1. The highest BCUT2D eigenvalue weighted by Crippen LogP contribution is 2.38. The van der Waals surface area contributed by atoms with Gasteiger partial charge in [-0.15, -0.1) is 0 Å². The Labute approximate surface area is 439 Å². The molecule has 7 rings (SSSR count). The summed E-state index contributed by atoms with van der Waals surface area (Å²) in [4.78, 5) is 0. The molecule has 7 aliphatic rings. The second-order valence-electron chi connectivity index (χ2n) is 19.6. The standard InChI is InChI=1S/C42H72O36/c43-1-8-15(50)22(57)23(58)37(67-8)74-31-17(52)10(3-45)69-39(25(31)60)76-33-19(54)12(5-47)71-41(27(33)62)78-35-21(56)14(7-49)72-42(29(35)64)77-34-20(55)13(6-48)70-40(28(34)63)75-32-18(53)11(4-46)68-38(26(32)61)73-30-16(51)9(2-44)66-36(65)24(30)59/h8-65H,1-7H2/t8-,9-,10-,11-,12-,13-,14-,15-,16-,17-,18-,19-,20-,21-,22+,23-,24-,25-,26-,27-,28-,29-,30+,31+,32+,33+,34+,35+,36?,37-,38-,39-,40-,41-,42-/m1/s1. The summed E-state index contributed by atoms with van der Waals surface area (Å²) in [6, 6.07) is 0. The van der Waals surface area contributed by atoms with E-state index in [2.05, 4.69) is 0 Å². The molecule has 7 heterocycles. The average molecular weight is 1150 g/mol. The van der Waals surface area contributed by atoms with Gasteiger partial charge in [-0.05, 0) is 0 Å². The first-order valence-electron chi connectivity index (χ1n) is 24.7. The maximum absolute atomic E-state index is 11.7. The quantitative estimate of drug-likeness (QED) is 0.0571. The zero-order valence-electron chi connectivity index (χ0n) is 40.8. The molecule has 36 nitrogen and oxygen atoms in total. The molecule has 0 aromatic carbocycles. The molecule has 1 unspecified atom stereocenters. The fourth-order valence-electron chi connectivity index (χ4n) is 9.97. The summed E-state index contributed by atoms with van der Waals surface area (Å²) in [5.41, 5.74) is 0. The topological polar surface area (TPSA) is 585 Å². The molecule has 7 aliphatic heterocycles. The van der Waals surface area contributed by atoms with Crippen LogP contribution in [0.25, 0.3) is 0 Å². The van der Waals surface area contributed by atoms with Crippen LogP contribution in [-0.2, 0) is 61.6 Å². The van der Waals surface area contributed by atoms with Gasteiger partial charge in [0.2, 0.25) is 0 Å². The normalized spacial score (nSPS) is 53.5. The van der Waals surface area contributed by atoms with E-state index < -0.39 is 261 Å². The van der Waals surface area contributed by atoms with E-state index >= 15 is 0 Å². The van der Waals surface area contributed by atoms with E-state index in [1.54, 1.807) is 0 Å². The average Bonchev–Trinajstić information content (AvgIpc) is 3.48. The van der Waals surface area contributed by atoms with E-state index in [4.69, 9.17) is 61.6 Å². The summed E-state index contributed by atoms with van der Waals surface area (Å²) in [5.74, 6) is 0. The maximum Gasteiger partial charge on any atom is 0.187 e. The maximum atomic E-state index is 11.7. The van der Waals surface area contributed by atoms with Crippen molar-refractivity contribution in [3.05, 3.63) is 0 Å². The summed E-state index contributed by atoms with van der Waals surface area (Å²) in [5, 5.41) is 246. The molecule has 36 heteroatoms. The highest BCUT2D eigenvalue weighted by Gasteiger charge is 2.59. The van der Waals surface area contributed by atoms with E-state index in [9.17, 15) is 117 Å². The number of aliphatic hydroxyl groups excluding tert-OH is 23. The van der Waals surface area contributed by atoms with Crippen molar-refractivity contribution in [2.24, 2.45) is 0 Å². The van der Waals surface area contributed by atoms with Gasteiger partial charge in [-0.2, -0.15) is 0 Å². The Hall–Kier alpha value is -1.44. The molecule has 7 saturated heterocycles. The van der Waals surface area contributed by atoms with Crippen molar-refractivity contribution in [1.82, 2.24) is 0 Å². The van der Waals surface area contributed by atoms with Crippen LogP contribution in [0.4, 0.5) is 0 Å². The minimum Gasteiger partial charge on any atom is -0.394 e. The molecular formula is C42H72O36. The van der Waals surface area contributed by atoms with Crippen LogP contribution >= 0.6 is 0 Å². The zero-order valence-corrected chi connectivity index (χ0v) is 40.8. The Morgan fingerprint density at radius 2 is 0.372 bits per heavy atom. The van der Waals surface area contributed by atoms with Crippen LogP contribution in [0.3, 0.4) is 0 Å². The van der Waals surface area contributed by atoms with E-state index in [1.165, 1.54) is 0 Å². The highest BCUT2D eigenvalue weighted by molar-refractivity contribution is 5.01. The lowest BCUT2D eigenvalue weighted by Crippen LogP contribution is -2.69. The molecule has 0 bridgehead atoms. The smallest absolute Gasteiger partial charge is 0.187 e. The van der Waals surface area contributed by atoms with Crippen LogP contribution in [-0.4, -0.2) is 379 Å². The Kier molecular flexibility index (Phi) is 22.6. The van der Waals surface area contributed by atoms with Crippen molar-refractivity contribution in [1.29, 1.82) is 0 Å². The van der Waals surface area contributed by atoms with Gasteiger partial charge in [-0.1, -0.05) is 0 Å². The number of rotatable bonds is 19. The fourth-order valence-corrected chi connectivity index (χ4v) is 9.97. The largest absolute Gasteiger partial charge is 0.394 e. The van der Waals surface area contributed by atoms with Crippen molar-refractivity contribution >= 4 is 0 Å². The summed E-state index contributed by atoms with van der Waals surface area (Å²) >= 11 is 0. The molecule has 0 aromatic rings. The van der Waals surface area contributed by atoms with E-state index in [1.807, 2.05) is 0 Å². The number of aliphatic hydroxyl groups is 23. The minimum absolute atomic E-state index is 0.880. The van der Waals surface area contributed by atoms with Gasteiger partial charge in [-0.3, -0.25) is 0 Å². The SMILES string of the molecule is OC[C@H]1O[C@H](O[C@@H]2[C@@H](O)[C@@H](O[C@@H]3[C@@H](O)[C@@H](O[C@@H]4[C@@H](O)[C@@H](O[C@@H]5[C@@H](O)[C@@H](O[C@@H]6[C@@H](O)[C@@H](O[C@H]7[C@H](O)[C@@H](CO)OC(O)[C@@H]7O)O[C@H](CO)[C@H]6O)O[C@H](CO)[C@H]5O)O[C@H](CO)[C@H]4O)O[C@H](CO)[C@H]3O)O[C@H](CO)[C@H]2O)[C@H](O)[C@@H](O)[C@@H]1O. The number of hydrogen-bond donors (Lipinski definition) is 23. The van der Waals surface area contributed by atoms with Gasteiger partial charge < -0.3 is 179 Å². The van der Waals surface area contributed by atoms with Crippen LogP contribution in [0, 0.1) is 0 Å². The van der Waals surface area contributed by atoms with Crippen molar-refractivity contribution in [3.8, 4) is 0 Å². The first-order chi connectivity index (χ1) is 37.0. The predicted molar refractivity (Wildman–Crippen MR) is 232 cm³/mol. The fraction of sp³-hybridized carbons (Fsp3) is 1.00. The van der Waals surface area contributed by atoms with E-state index in [0.717, 1.165) is 0 Å². The van der Waals surface area contributed by atoms with Crippen LogP contribution in [0.5, 0.6) is 0 Å². The van der Waals surface area contributed by atoms with Crippen LogP contribution < -0.4 is 0 Å². The van der Waals surface area contributed by atoms with Crippen molar-refractivity contribution in [2.75, 3.05) is 46.2 Å². The zero-order chi connectivity index (χ0) is 57.3. The molecule has 7 fully saturated rings. The molecule has 0 aromatic heterocycles. The molecular weight excluding hydrogens is 1080 g/mol. The third kappa shape index (κ3) is 12.9. The summed E-state index contributed by atoms with van der Waals surface area (Å²) in [6.07, 6.45) is -70.1. The Balaban J connectivity index is 1.06. The number of hydrogen-bond acceptors (Lipinski definition) is 36. The Morgan fingerprint density at radius 1 is 0.192 bits per heavy atom. The van der Waals surface area contributed by atoms with Gasteiger partial charge in [0.05, 0.1) is 46.2 Å². The molecule has 0 amide bonds. The predicted octanol–water partition coefficient (Wildman–Crippen LogP) is -16.3. The van der Waals surface area contributed by atoms with Crippen LogP contribution in [0.1, 0.15) is 0 Å². The molecule has 23 N–H and O–H groups in total. The Bertz CT molecular complexity index is 1820. The highest BCUT2D eigenvalue weighted by atomic mass is 16.8. The van der Waals surface area contributed by atoms with Crippen molar-refractivity contribution in [3.63, 3.8) is 0 Å². The second-order valence-corrected chi connectivity index (χ2v) is 19.6. The molecule has 456 valence electrons. The first-order valence-corrected chi connectivity index (χ1v) is 24.7. The van der Waals surface area contributed by atoms with Crippen LogP contribution in [0.15, 0.2) is 0 Å². The second kappa shape index (κ2) is 27.5. The van der Waals surface area contributed by atoms with Gasteiger partial charge >= 0.3 is 0 Å². The molecule has 0 radical (unpaired) electrons. The summed E-state index contributed by atoms with van der Waals surface area (Å²) < 4.78 is 72.0. The minimum atomic E-state index is -2.33. The molecule has 35 atom stereocenters. The lowest BCUT2D eigenvalue weighted by atomic mass is 9.95. The molecule has 0 saturated carbocycles. The van der Waals surface area contributed by atoms with E-state index in [0.29, 0.717) is 0 Å². The van der Waals surface area contributed by atoms with Crippen molar-refractivity contribution < 1.29 is 179 Å². The van der Waals surface area contributed by atoms with Gasteiger partial charge in [0.25, 0.3) is 0 Å². The molecule has 0 spiro atoms. The molecule has 0 aliphatic carbocycles. The monoisotopic (exact) mass is 1150 g/mol. The summed E-state index contributed by atoms with van der Waals surface area (Å²) in [7, 11) is 0. The van der Waals surface area contributed by atoms with Crippen molar-refractivity contribution in [2.45, 2.75) is 215 Å². The van der Waals surface area contributed by atoms with Gasteiger partial charge in [0, 0.05) is 0 Å². The number of ether oxygens (including phenoxy) is 13. The third-order valence-corrected chi connectivity index (χ3v) is 14.5. The lowest BCUT2D eigenvalue weighted by Gasteiger charge is -2.50. The molecule has 78 heavy (non-hydrogen) atoms. The van der Waals surface area contributed by atoms with Gasteiger partial charge in [0.1, 0.15) is 171 Å². The van der Waals surface area contributed by atoms with Gasteiger partial charge in [0.15, 0.2) is 44.0 Å². The lowest BCUT2D eigenvalue weighted by molar-refractivity contribution is -0.400. The van der Waals surface area contributed by atoms with Crippen LogP contribution in [0.2, 0.25) is 0 Å². The van der Waals surface area contributed by atoms with E-state index in [-0.39, 0.29) is 0 Å². The third-order valence-electron chi connectivity index (χ3n) is 14.5. The Morgan fingerprint density at radius 3 is 0.590 bits per heavy atom. The summed E-state index contributed by atoms with van der Waals surface area (Å²) in [6.45, 7) is -7.04. The van der Waals surface area contributed by atoms with Gasteiger partial charge in [-0.25, -0.2) is 0 Å².